The van der Waals surface area contributed by atoms with Gasteiger partial charge in [-0.1, -0.05) is 76.6 Å². The molecule has 0 heterocycles. The summed E-state index contributed by atoms with van der Waals surface area (Å²) >= 11 is 0. The van der Waals surface area contributed by atoms with Crippen molar-refractivity contribution < 1.29 is 34.0 Å². The van der Waals surface area contributed by atoms with Crippen LogP contribution in [0.4, 0.5) is 11.4 Å². The minimum Gasteiger partial charge on any atom is -0.480 e. The van der Waals surface area contributed by atoms with Crippen molar-refractivity contribution in [2.24, 2.45) is 5.92 Å². The lowest BCUT2D eigenvalue weighted by molar-refractivity contribution is -0.384. The molecule has 7 N–H and O–H groups in total. The number of carbonyl (C=O) groups excluding carboxylic acids is 4. The van der Waals surface area contributed by atoms with Crippen LogP contribution in [0.5, 0.6) is 0 Å². The Morgan fingerprint density at radius 1 is 0.796 bits per heavy atom. The van der Waals surface area contributed by atoms with Crippen LogP contribution in [0.2, 0.25) is 0 Å². The molecule has 0 aliphatic rings. The summed E-state index contributed by atoms with van der Waals surface area (Å²) < 4.78 is 0. The van der Waals surface area contributed by atoms with Gasteiger partial charge in [-0.3, -0.25) is 29.3 Å². The van der Waals surface area contributed by atoms with Crippen LogP contribution in [0.25, 0.3) is 0 Å². The van der Waals surface area contributed by atoms with Crippen LogP contribution in [0.15, 0.2) is 48.5 Å². The second-order valence-electron chi connectivity index (χ2n) is 12.5. The minimum absolute atomic E-state index is 0.0158. The molecule has 14 nitrogen and oxygen atoms in total. The molecule has 2 atom stereocenters. The van der Waals surface area contributed by atoms with Crippen molar-refractivity contribution in [3.63, 3.8) is 0 Å². The van der Waals surface area contributed by atoms with Crippen LogP contribution < -0.4 is 27.0 Å². The minimum atomic E-state index is -1.21. The summed E-state index contributed by atoms with van der Waals surface area (Å²) in [6.45, 7) is 3.87. The Morgan fingerprint density at radius 2 is 1.41 bits per heavy atom. The number of benzene rings is 2. The first-order chi connectivity index (χ1) is 23.4. The van der Waals surface area contributed by atoms with E-state index in [0.29, 0.717) is 29.8 Å². The van der Waals surface area contributed by atoms with Crippen LogP contribution >= 0.6 is 0 Å². The zero-order chi connectivity index (χ0) is 36.2. The lowest BCUT2D eigenvalue weighted by Gasteiger charge is -2.22. The van der Waals surface area contributed by atoms with Gasteiger partial charge >= 0.3 is 5.97 Å². The maximum Gasteiger partial charge on any atom is 0.326 e. The first-order valence-corrected chi connectivity index (χ1v) is 16.8. The smallest absolute Gasteiger partial charge is 0.326 e. The number of nitrogens with two attached hydrogens (primary N) is 1. The summed E-state index contributed by atoms with van der Waals surface area (Å²) in [5.74, 6) is -3.03. The van der Waals surface area contributed by atoms with E-state index in [4.69, 9.17) is 5.73 Å². The van der Waals surface area contributed by atoms with E-state index in [1.165, 1.54) is 24.3 Å². The molecule has 2 aromatic carbocycles. The van der Waals surface area contributed by atoms with Gasteiger partial charge < -0.3 is 32.1 Å². The van der Waals surface area contributed by atoms with E-state index in [9.17, 15) is 39.2 Å². The molecule has 4 amide bonds. The van der Waals surface area contributed by atoms with Crippen LogP contribution in [0, 0.1) is 16.0 Å². The standard InChI is InChI=1S/C35H50N6O8/c1-24(2)21-30(35(46)47)40-34(45)29(22-25-16-18-26(19-17-25)41(48)49)39-32(43)23-38-31(42)15-9-7-5-3-4-6-8-12-20-37-33(44)27-13-10-11-14-28(27)36/h10-11,13-14,16-19,24,29-30H,3-9,12,15,20-23,36H2,1-2H3,(H,37,44)(H,38,42)(H,39,43)(H,40,45)(H,46,47)/t29-,30-/m0/s1. The number of non-ortho nitro benzene ring substituents is 1. The molecular weight excluding hydrogens is 632 g/mol. The lowest BCUT2D eigenvalue weighted by atomic mass is 10.0. The molecule has 0 aromatic heterocycles. The Hall–Kier alpha value is -5.01. The molecule has 0 saturated carbocycles. The predicted octanol–water partition coefficient (Wildman–Crippen LogP) is 3.88. The molecule has 0 aliphatic carbocycles. The Balaban J connectivity index is 1.68. The summed E-state index contributed by atoms with van der Waals surface area (Å²) in [5.41, 5.74) is 7.16. The number of unbranched alkanes of at least 4 members (excludes halogenated alkanes) is 7. The highest BCUT2D eigenvalue weighted by atomic mass is 16.6. The number of hydrogen-bond donors (Lipinski definition) is 6. The third-order valence-electron chi connectivity index (χ3n) is 7.83. The number of anilines is 1. The van der Waals surface area contributed by atoms with Crippen molar-refractivity contribution in [3.05, 3.63) is 69.8 Å². The topological polar surface area (TPSA) is 223 Å². The molecule has 0 aliphatic heterocycles. The number of nitrogens with one attached hydrogen (secondary N) is 4. The number of nitrogen functional groups attached to an aromatic ring is 1. The van der Waals surface area contributed by atoms with E-state index in [0.717, 1.165) is 44.9 Å². The summed E-state index contributed by atoms with van der Waals surface area (Å²) in [7, 11) is 0. The zero-order valence-corrected chi connectivity index (χ0v) is 28.4. The Morgan fingerprint density at radius 3 is 2.00 bits per heavy atom. The summed E-state index contributed by atoms with van der Waals surface area (Å²) in [4.78, 5) is 72.4. The highest BCUT2D eigenvalue weighted by molar-refractivity contribution is 5.99. The third kappa shape index (κ3) is 16.1. The quantitative estimate of drug-likeness (QED) is 0.0432. The highest BCUT2D eigenvalue weighted by Crippen LogP contribution is 2.15. The molecule has 14 heteroatoms. The number of nitrogens with zero attached hydrogens (tertiary/aromatic N) is 1. The molecule has 0 bridgehead atoms. The van der Waals surface area contributed by atoms with E-state index in [-0.39, 0.29) is 49.2 Å². The van der Waals surface area contributed by atoms with Crippen molar-refractivity contribution >= 4 is 41.0 Å². The van der Waals surface area contributed by atoms with Gasteiger partial charge in [0, 0.05) is 37.2 Å². The normalized spacial score (nSPS) is 12.1. The van der Waals surface area contributed by atoms with E-state index in [1.54, 1.807) is 24.3 Å². The SMILES string of the molecule is CC(C)C[C@H](NC(=O)[C@H](Cc1ccc([N+](=O)[O-])cc1)NC(=O)CNC(=O)CCCCCCCCCCNC(=O)c1ccccc1N)C(=O)O. The molecule has 0 fully saturated rings. The number of para-hydroxylation sites is 1. The molecule has 0 spiro atoms. The van der Waals surface area contributed by atoms with Crippen molar-refractivity contribution in [2.45, 2.75) is 96.6 Å². The second kappa shape index (κ2) is 21.8. The van der Waals surface area contributed by atoms with E-state index in [2.05, 4.69) is 21.3 Å². The summed E-state index contributed by atoms with van der Waals surface area (Å²) in [6.07, 6.45) is 7.94. The van der Waals surface area contributed by atoms with Crippen LogP contribution in [0.3, 0.4) is 0 Å². The fourth-order valence-corrected chi connectivity index (χ4v) is 5.15. The number of amides is 4. The Kier molecular flexibility index (Phi) is 17.9. The molecular formula is C35H50N6O8. The second-order valence-corrected chi connectivity index (χ2v) is 12.5. The van der Waals surface area contributed by atoms with Crippen LogP contribution in [-0.4, -0.2) is 64.8 Å². The van der Waals surface area contributed by atoms with E-state index < -0.39 is 34.8 Å². The van der Waals surface area contributed by atoms with Gasteiger partial charge in [0.2, 0.25) is 17.7 Å². The predicted molar refractivity (Wildman–Crippen MR) is 186 cm³/mol. The monoisotopic (exact) mass is 682 g/mol. The number of carboxylic acids is 1. The molecule has 0 saturated heterocycles. The van der Waals surface area contributed by atoms with Gasteiger partial charge in [-0.25, -0.2) is 4.79 Å². The lowest BCUT2D eigenvalue weighted by Crippen LogP contribution is -2.54. The number of rotatable bonds is 23. The maximum absolute atomic E-state index is 13.1. The fraction of sp³-hybridized carbons (Fsp3) is 0.514. The molecule has 0 radical (unpaired) electrons. The zero-order valence-electron chi connectivity index (χ0n) is 28.4. The van der Waals surface area contributed by atoms with E-state index in [1.807, 2.05) is 13.8 Å². The molecule has 2 rings (SSSR count). The fourth-order valence-electron chi connectivity index (χ4n) is 5.15. The molecule has 268 valence electrons. The average molecular weight is 683 g/mol. The van der Waals surface area contributed by atoms with Crippen LogP contribution in [-0.2, 0) is 25.6 Å². The first-order valence-electron chi connectivity index (χ1n) is 16.8. The third-order valence-corrected chi connectivity index (χ3v) is 7.83. The van der Waals surface area contributed by atoms with Crippen LogP contribution in [0.1, 0.15) is 94.0 Å². The van der Waals surface area contributed by atoms with Gasteiger partial charge in [-0.05, 0) is 42.9 Å². The molecule has 2 aromatic rings. The number of hydrogen-bond acceptors (Lipinski definition) is 8. The number of nitro groups is 1. The van der Waals surface area contributed by atoms with Crippen molar-refractivity contribution in [1.82, 2.24) is 21.3 Å². The number of aliphatic carboxylic acids is 1. The van der Waals surface area contributed by atoms with E-state index >= 15 is 0 Å². The number of nitro benzene ring substituents is 1. The van der Waals surface area contributed by atoms with Gasteiger partial charge in [0.15, 0.2) is 0 Å². The summed E-state index contributed by atoms with van der Waals surface area (Å²) in [5, 5.41) is 31.0. The maximum atomic E-state index is 13.1. The average Bonchev–Trinajstić information content (AvgIpc) is 3.05. The largest absolute Gasteiger partial charge is 0.480 e. The Labute approximate surface area is 287 Å². The first kappa shape index (κ1) is 40.2. The molecule has 49 heavy (non-hydrogen) atoms. The van der Waals surface area contributed by atoms with Crippen molar-refractivity contribution in [3.8, 4) is 0 Å². The molecule has 0 unspecified atom stereocenters. The van der Waals surface area contributed by atoms with Gasteiger partial charge in [0.05, 0.1) is 17.0 Å². The van der Waals surface area contributed by atoms with Gasteiger partial charge in [0.25, 0.3) is 11.6 Å². The van der Waals surface area contributed by atoms with Crippen molar-refractivity contribution in [1.29, 1.82) is 0 Å². The van der Waals surface area contributed by atoms with Crippen molar-refractivity contribution in [2.75, 3.05) is 18.8 Å². The Bertz CT molecular complexity index is 1400. The highest BCUT2D eigenvalue weighted by Gasteiger charge is 2.27. The van der Waals surface area contributed by atoms with Gasteiger partial charge in [-0.2, -0.15) is 0 Å². The summed E-state index contributed by atoms with van der Waals surface area (Å²) in [6, 6.07) is 10.1. The van der Waals surface area contributed by atoms with Gasteiger partial charge in [-0.15, -0.1) is 0 Å². The number of carbonyl (C=O) groups is 5. The van der Waals surface area contributed by atoms with Gasteiger partial charge in [0.1, 0.15) is 12.1 Å². The number of carboxylic acid groups (broad SMARTS) is 1.